The van der Waals surface area contributed by atoms with Gasteiger partial charge in [0.1, 0.15) is 17.6 Å². The van der Waals surface area contributed by atoms with Gasteiger partial charge in [0.2, 0.25) is 0 Å². The van der Waals surface area contributed by atoms with E-state index in [0.717, 1.165) is 6.07 Å². The van der Waals surface area contributed by atoms with E-state index in [2.05, 4.69) is 4.98 Å². The number of hydrogen-bond acceptors (Lipinski definition) is 4. The van der Waals surface area contributed by atoms with Gasteiger partial charge in [-0.3, -0.25) is 4.21 Å². The van der Waals surface area contributed by atoms with Crippen molar-refractivity contribution in [1.29, 1.82) is 5.26 Å². The number of benzene rings is 1. The third kappa shape index (κ3) is 2.95. The molecule has 4 nitrogen and oxygen atoms in total. The lowest BCUT2D eigenvalue weighted by Crippen LogP contribution is -2.03. The lowest BCUT2D eigenvalue weighted by molar-refractivity contribution is 0.627. The van der Waals surface area contributed by atoms with Crippen molar-refractivity contribution in [3.63, 3.8) is 0 Å². The number of nitriles is 1. The van der Waals surface area contributed by atoms with Crippen molar-refractivity contribution in [2.75, 3.05) is 5.73 Å². The highest BCUT2D eigenvalue weighted by atomic mass is 32.2. The molecule has 2 rings (SSSR count). The number of nitrogens with zero attached hydrogens (tertiary/aromatic N) is 2. The summed E-state index contributed by atoms with van der Waals surface area (Å²) in [5.41, 5.74) is 6.58. The summed E-state index contributed by atoms with van der Waals surface area (Å²) in [6.07, 6.45) is 1.50. The minimum atomic E-state index is -1.45. The summed E-state index contributed by atoms with van der Waals surface area (Å²) in [5, 5.41) is 8.91. The van der Waals surface area contributed by atoms with Crippen molar-refractivity contribution in [3.05, 3.63) is 53.6 Å². The molecule has 0 bridgehead atoms. The molecule has 6 heteroatoms. The minimum absolute atomic E-state index is 0.118. The Morgan fingerprint density at radius 3 is 2.89 bits per heavy atom. The van der Waals surface area contributed by atoms with E-state index in [9.17, 15) is 8.60 Å². The summed E-state index contributed by atoms with van der Waals surface area (Å²) in [7, 11) is -1.45. The Labute approximate surface area is 112 Å². The molecule has 0 saturated carbocycles. The van der Waals surface area contributed by atoms with Gasteiger partial charge in [-0.2, -0.15) is 5.26 Å². The maximum Gasteiger partial charge on any atom is 0.144 e. The first-order valence-electron chi connectivity index (χ1n) is 5.39. The molecule has 19 heavy (non-hydrogen) atoms. The molecule has 1 aromatic heterocycles. The molecule has 1 unspecified atom stereocenters. The first-order valence-corrected chi connectivity index (χ1v) is 6.71. The lowest BCUT2D eigenvalue weighted by Gasteiger charge is -2.06. The van der Waals surface area contributed by atoms with Crippen molar-refractivity contribution >= 4 is 16.5 Å². The second-order valence-corrected chi connectivity index (χ2v) is 5.21. The van der Waals surface area contributed by atoms with Crippen LogP contribution in [0.1, 0.15) is 11.3 Å². The van der Waals surface area contributed by atoms with Crippen LogP contribution in [0.4, 0.5) is 10.1 Å². The van der Waals surface area contributed by atoms with E-state index in [0.29, 0.717) is 10.5 Å². The highest BCUT2D eigenvalue weighted by molar-refractivity contribution is 7.84. The standard InChI is InChI=1S/C13H10FN3OS/c14-10-3-4-13(11(16)6-10)19(18)8-9-2-1-5-17-12(9)7-15/h1-6H,8,16H2. The fourth-order valence-electron chi connectivity index (χ4n) is 1.60. The molecular formula is C13H10FN3OS. The van der Waals surface area contributed by atoms with Crippen LogP contribution in [-0.4, -0.2) is 9.19 Å². The summed E-state index contributed by atoms with van der Waals surface area (Å²) in [6.45, 7) is 0. The topological polar surface area (TPSA) is 79.8 Å². The van der Waals surface area contributed by atoms with Gasteiger partial charge in [-0.25, -0.2) is 9.37 Å². The monoisotopic (exact) mass is 275 g/mol. The molecule has 0 saturated heterocycles. The number of pyridine rings is 1. The Morgan fingerprint density at radius 1 is 1.42 bits per heavy atom. The fraction of sp³-hybridized carbons (Fsp3) is 0.0769. The van der Waals surface area contributed by atoms with Gasteiger partial charge < -0.3 is 5.73 Å². The number of nitrogens with two attached hydrogens (primary N) is 1. The highest BCUT2D eigenvalue weighted by Crippen LogP contribution is 2.20. The van der Waals surface area contributed by atoms with Crippen molar-refractivity contribution in [3.8, 4) is 6.07 Å². The van der Waals surface area contributed by atoms with Crippen LogP contribution in [0, 0.1) is 17.1 Å². The highest BCUT2D eigenvalue weighted by Gasteiger charge is 2.12. The predicted molar refractivity (Wildman–Crippen MR) is 69.9 cm³/mol. The van der Waals surface area contributed by atoms with E-state index in [1.54, 1.807) is 12.1 Å². The summed E-state index contributed by atoms with van der Waals surface area (Å²) in [6, 6.07) is 9.02. The average molecular weight is 275 g/mol. The predicted octanol–water partition coefficient (Wildman–Crippen LogP) is 1.98. The van der Waals surface area contributed by atoms with E-state index in [-0.39, 0.29) is 17.1 Å². The Kier molecular flexibility index (Phi) is 3.88. The maximum absolute atomic E-state index is 12.9. The molecule has 0 radical (unpaired) electrons. The van der Waals surface area contributed by atoms with E-state index < -0.39 is 16.6 Å². The minimum Gasteiger partial charge on any atom is -0.398 e. The van der Waals surface area contributed by atoms with Crippen molar-refractivity contribution in [2.45, 2.75) is 10.6 Å². The van der Waals surface area contributed by atoms with Crippen molar-refractivity contribution < 1.29 is 8.60 Å². The van der Waals surface area contributed by atoms with Crippen LogP contribution < -0.4 is 5.73 Å². The molecule has 2 aromatic rings. The molecule has 1 heterocycles. The SMILES string of the molecule is N#Cc1ncccc1CS(=O)c1ccc(F)cc1N. The smallest absolute Gasteiger partial charge is 0.144 e. The molecule has 0 aliphatic heterocycles. The zero-order chi connectivity index (χ0) is 13.8. The van der Waals surface area contributed by atoms with Crippen molar-refractivity contribution in [1.82, 2.24) is 4.98 Å². The summed E-state index contributed by atoms with van der Waals surface area (Å²) in [5.74, 6) is -0.357. The second kappa shape index (κ2) is 5.59. The zero-order valence-corrected chi connectivity index (χ0v) is 10.7. The largest absolute Gasteiger partial charge is 0.398 e. The van der Waals surface area contributed by atoms with Crippen molar-refractivity contribution in [2.24, 2.45) is 0 Å². The van der Waals surface area contributed by atoms with Gasteiger partial charge in [-0.05, 0) is 24.3 Å². The molecule has 96 valence electrons. The van der Waals surface area contributed by atoms with Crippen LogP contribution in [0.2, 0.25) is 0 Å². The van der Waals surface area contributed by atoms with Crippen LogP contribution in [0.5, 0.6) is 0 Å². The summed E-state index contributed by atoms with van der Waals surface area (Å²) < 4.78 is 25.1. The fourth-order valence-corrected chi connectivity index (χ4v) is 2.81. The molecule has 0 spiro atoms. The lowest BCUT2D eigenvalue weighted by atomic mass is 10.2. The first-order chi connectivity index (χ1) is 9.11. The normalized spacial score (nSPS) is 11.8. The van der Waals surface area contributed by atoms with E-state index in [1.807, 2.05) is 6.07 Å². The molecule has 1 aromatic carbocycles. The molecule has 1 atom stereocenters. The van der Waals surface area contributed by atoms with E-state index >= 15 is 0 Å². The molecule has 2 N–H and O–H groups in total. The van der Waals surface area contributed by atoms with Crippen LogP contribution in [0.15, 0.2) is 41.4 Å². The number of nitrogen functional groups attached to an aromatic ring is 1. The molecule has 0 fully saturated rings. The molecule has 0 amide bonds. The Balaban J connectivity index is 2.29. The van der Waals surface area contributed by atoms with Gasteiger partial charge >= 0.3 is 0 Å². The second-order valence-electron chi connectivity index (χ2n) is 3.79. The molecule has 0 aliphatic rings. The van der Waals surface area contributed by atoms with Gasteiger partial charge in [0.15, 0.2) is 0 Å². The maximum atomic E-state index is 12.9. The number of halogens is 1. The number of hydrogen-bond donors (Lipinski definition) is 1. The Morgan fingerprint density at radius 2 is 2.21 bits per heavy atom. The van der Waals surface area contributed by atoms with Gasteiger partial charge in [0.25, 0.3) is 0 Å². The van der Waals surface area contributed by atoms with Crippen LogP contribution in [0.3, 0.4) is 0 Å². The quantitative estimate of drug-likeness (QED) is 0.869. The Bertz CT molecular complexity index is 682. The Hall–Kier alpha value is -2.26. The van der Waals surface area contributed by atoms with E-state index in [1.165, 1.54) is 18.3 Å². The molecular weight excluding hydrogens is 265 g/mol. The number of rotatable bonds is 3. The average Bonchev–Trinajstić information content (AvgIpc) is 2.39. The third-order valence-electron chi connectivity index (χ3n) is 2.50. The van der Waals surface area contributed by atoms with Gasteiger partial charge in [0, 0.05) is 11.8 Å². The summed E-state index contributed by atoms with van der Waals surface area (Å²) in [4.78, 5) is 4.25. The first kappa shape index (κ1) is 13.2. The zero-order valence-electron chi connectivity index (χ0n) is 9.84. The van der Waals surface area contributed by atoms with Gasteiger partial charge in [-0.1, -0.05) is 6.07 Å². The van der Waals surface area contributed by atoms with E-state index in [4.69, 9.17) is 11.0 Å². The number of anilines is 1. The third-order valence-corrected chi connectivity index (χ3v) is 3.94. The number of aromatic nitrogens is 1. The van der Waals surface area contributed by atoms with Gasteiger partial charge in [-0.15, -0.1) is 0 Å². The summed E-state index contributed by atoms with van der Waals surface area (Å²) >= 11 is 0. The van der Waals surface area contributed by atoms with Gasteiger partial charge in [0.05, 0.1) is 27.1 Å². The van der Waals surface area contributed by atoms with Crippen LogP contribution >= 0.6 is 0 Å². The molecule has 0 aliphatic carbocycles. The van der Waals surface area contributed by atoms with Crippen LogP contribution in [-0.2, 0) is 16.6 Å². The van der Waals surface area contributed by atoms with Crippen LogP contribution in [0.25, 0.3) is 0 Å².